The first-order valence-corrected chi connectivity index (χ1v) is 7.44. The molecule has 0 fully saturated rings. The fourth-order valence-electron chi connectivity index (χ4n) is 0.949. The molecule has 1 amide bonds. The molecule has 0 aromatic heterocycles. The highest BCUT2D eigenvalue weighted by molar-refractivity contribution is 7.87. The normalized spacial score (nSPS) is 11.9. The lowest BCUT2D eigenvalue weighted by Crippen LogP contribution is -2.45. The highest BCUT2D eigenvalue weighted by atomic mass is 35.5. The molecule has 6 nitrogen and oxygen atoms in total. The van der Waals surface area contributed by atoms with E-state index in [4.69, 9.17) is 23.2 Å². The SMILES string of the molecule is CC(C)OC(=O)NS(=O)(=O)N(CCCl)CCCl. The van der Waals surface area contributed by atoms with Crippen LogP contribution in [0.2, 0.25) is 0 Å². The standard InChI is InChI=1S/C8H16Cl2N2O4S/c1-7(2)16-8(13)11-17(14,15)12(5-3-9)6-4-10/h7H,3-6H2,1-2H3,(H,11,13). The van der Waals surface area contributed by atoms with Crippen LogP contribution in [0.4, 0.5) is 4.79 Å². The maximum absolute atomic E-state index is 11.7. The first-order valence-electron chi connectivity index (χ1n) is 4.94. The summed E-state index contributed by atoms with van der Waals surface area (Å²) in [6.45, 7) is 3.36. The van der Waals surface area contributed by atoms with Gasteiger partial charge in [-0.3, -0.25) is 0 Å². The molecule has 0 aromatic carbocycles. The van der Waals surface area contributed by atoms with Crippen molar-refractivity contribution in [3.8, 4) is 0 Å². The van der Waals surface area contributed by atoms with Gasteiger partial charge in [0.05, 0.1) is 6.10 Å². The molecule has 0 aliphatic rings. The first kappa shape index (κ1) is 16.8. The van der Waals surface area contributed by atoms with Gasteiger partial charge >= 0.3 is 16.3 Å². The van der Waals surface area contributed by atoms with E-state index < -0.39 is 22.4 Å². The quantitative estimate of drug-likeness (QED) is 0.716. The van der Waals surface area contributed by atoms with Gasteiger partial charge in [-0.25, -0.2) is 9.52 Å². The Hall–Kier alpha value is -0.240. The Bertz CT molecular complexity index is 328. The largest absolute Gasteiger partial charge is 0.446 e. The number of nitrogens with zero attached hydrogens (tertiary/aromatic N) is 1. The van der Waals surface area contributed by atoms with E-state index in [2.05, 4.69) is 4.74 Å². The number of ether oxygens (including phenoxy) is 1. The van der Waals surface area contributed by atoms with Gasteiger partial charge in [-0.1, -0.05) is 0 Å². The van der Waals surface area contributed by atoms with Crippen molar-refractivity contribution in [1.82, 2.24) is 9.03 Å². The van der Waals surface area contributed by atoms with Gasteiger partial charge in [0.1, 0.15) is 0 Å². The number of hydrogen-bond donors (Lipinski definition) is 1. The summed E-state index contributed by atoms with van der Waals surface area (Å²) in [5.74, 6) is 0.216. The summed E-state index contributed by atoms with van der Waals surface area (Å²) in [4.78, 5) is 11.2. The number of rotatable bonds is 7. The van der Waals surface area contributed by atoms with E-state index in [0.717, 1.165) is 4.31 Å². The Kier molecular flexibility index (Phi) is 7.85. The number of nitrogens with one attached hydrogen (secondary N) is 1. The van der Waals surface area contributed by atoms with Gasteiger partial charge in [-0.15, -0.1) is 23.2 Å². The van der Waals surface area contributed by atoms with Gasteiger partial charge in [0.15, 0.2) is 0 Å². The summed E-state index contributed by atoms with van der Waals surface area (Å²) < 4.78 is 30.8. The van der Waals surface area contributed by atoms with Crippen LogP contribution in [0.3, 0.4) is 0 Å². The van der Waals surface area contributed by atoms with Crippen molar-refractivity contribution in [3.63, 3.8) is 0 Å². The van der Waals surface area contributed by atoms with Crippen molar-refractivity contribution in [1.29, 1.82) is 0 Å². The molecule has 9 heteroatoms. The lowest BCUT2D eigenvalue weighted by atomic mass is 10.5. The molecule has 0 atom stereocenters. The molecule has 0 aromatic rings. The highest BCUT2D eigenvalue weighted by Gasteiger charge is 2.24. The van der Waals surface area contributed by atoms with Crippen LogP contribution in [0.5, 0.6) is 0 Å². The molecule has 17 heavy (non-hydrogen) atoms. The predicted octanol–water partition coefficient (Wildman–Crippen LogP) is 1.15. The predicted molar refractivity (Wildman–Crippen MR) is 66.7 cm³/mol. The second-order valence-corrected chi connectivity index (χ2v) is 5.76. The van der Waals surface area contributed by atoms with Crippen LogP contribution in [0.25, 0.3) is 0 Å². The number of carbonyl (C=O) groups excluding carboxylic acids is 1. The van der Waals surface area contributed by atoms with E-state index in [0.29, 0.717) is 0 Å². The van der Waals surface area contributed by atoms with Gasteiger partial charge in [0.2, 0.25) is 0 Å². The summed E-state index contributed by atoms with van der Waals surface area (Å²) in [6, 6.07) is 0. The van der Waals surface area contributed by atoms with E-state index in [1.807, 2.05) is 0 Å². The maximum Gasteiger partial charge on any atom is 0.422 e. The van der Waals surface area contributed by atoms with Crippen LogP contribution >= 0.6 is 23.2 Å². The molecule has 0 spiro atoms. The van der Waals surface area contributed by atoms with Crippen LogP contribution in [0.15, 0.2) is 0 Å². The fraction of sp³-hybridized carbons (Fsp3) is 0.875. The highest BCUT2D eigenvalue weighted by Crippen LogP contribution is 2.01. The van der Waals surface area contributed by atoms with Crippen LogP contribution in [0.1, 0.15) is 13.8 Å². The molecular formula is C8H16Cl2N2O4S. The Labute approximate surface area is 111 Å². The molecule has 0 rings (SSSR count). The minimum Gasteiger partial charge on any atom is -0.446 e. The van der Waals surface area contributed by atoms with E-state index in [-0.39, 0.29) is 24.8 Å². The monoisotopic (exact) mass is 306 g/mol. The maximum atomic E-state index is 11.7. The Balaban J connectivity index is 4.56. The topological polar surface area (TPSA) is 75.7 Å². The van der Waals surface area contributed by atoms with Gasteiger partial charge in [0.25, 0.3) is 0 Å². The number of hydrogen-bond acceptors (Lipinski definition) is 4. The summed E-state index contributed by atoms with van der Waals surface area (Å²) in [6.07, 6.45) is -1.42. The Morgan fingerprint density at radius 1 is 1.29 bits per heavy atom. The Morgan fingerprint density at radius 2 is 1.76 bits per heavy atom. The molecule has 0 heterocycles. The molecule has 0 unspecified atom stereocenters. The number of alkyl halides is 2. The molecule has 0 radical (unpaired) electrons. The zero-order valence-corrected chi connectivity index (χ0v) is 12.0. The summed E-state index contributed by atoms with van der Waals surface area (Å²) in [7, 11) is -3.95. The van der Waals surface area contributed by atoms with Gasteiger partial charge < -0.3 is 4.74 Å². The average Bonchev–Trinajstić information content (AvgIpc) is 2.14. The van der Waals surface area contributed by atoms with Crippen molar-refractivity contribution in [3.05, 3.63) is 0 Å². The third kappa shape index (κ3) is 6.92. The summed E-state index contributed by atoms with van der Waals surface area (Å²) in [5.41, 5.74) is 0. The Morgan fingerprint density at radius 3 is 2.12 bits per heavy atom. The van der Waals surface area contributed by atoms with Crippen LogP contribution in [-0.4, -0.2) is 49.8 Å². The van der Waals surface area contributed by atoms with Crippen LogP contribution in [-0.2, 0) is 14.9 Å². The van der Waals surface area contributed by atoms with E-state index in [1.54, 1.807) is 18.6 Å². The molecule has 0 saturated heterocycles. The van der Waals surface area contributed by atoms with E-state index >= 15 is 0 Å². The molecule has 102 valence electrons. The molecule has 0 saturated carbocycles. The van der Waals surface area contributed by atoms with E-state index in [9.17, 15) is 13.2 Å². The van der Waals surface area contributed by atoms with Crippen molar-refractivity contribution in [2.75, 3.05) is 24.8 Å². The van der Waals surface area contributed by atoms with Crippen LogP contribution < -0.4 is 4.72 Å². The lowest BCUT2D eigenvalue weighted by Gasteiger charge is -2.20. The smallest absolute Gasteiger partial charge is 0.422 e. The minimum absolute atomic E-state index is 0.0680. The second-order valence-electron chi connectivity index (χ2n) is 3.34. The van der Waals surface area contributed by atoms with Crippen molar-refractivity contribution in [2.45, 2.75) is 20.0 Å². The zero-order valence-electron chi connectivity index (χ0n) is 9.65. The molecule has 1 N–H and O–H groups in total. The summed E-state index contributed by atoms with van der Waals surface area (Å²) >= 11 is 10.9. The first-order chi connectivity index (χ1) is 7.83. The minimum atomic E-state index is -3.95. The molecular weight excluding hydrogens is 291 g/mol. The number of amides is 1. The summed E-state index contributed by atoms with van der Waals surface area (Å²) in [5, 5.41) is 0. The number of halogens is 2. The third-order valence-electron chi connectivity index (χ3n) is 1.56. The third-order valence-corrected chi connectivity index (χ3v) is 3.37. The second kappa shape index (κ2) is 7.97. The van der Waals surface area contributed by atoms with Crippen molar-refractivity contribution < 1.29 is 17.9 Å². The van der Waals surface area contributed by atoms with Crippen LogP contribution in [0, 0.1) is 0 Å². The number of carbonyl (C=O) groups is 1. The van der Waals surface area contributed by atoms with E-state index in [1.165, 1.54) is 0 Å². The van der Waals surface area contributed by atoms with Gasteiger partial charge in [-0.2, -0.15) is 12.7 Å². The van der Waals surface area contributed by atoms with Gasteiger partial charge in [0, 0.05) is 24.8 Å². The molecule has 0 aliphatic heterocycles. The van der Waals surface area contributed by atoms with Crippen molar-refractivity contribution >= 4 is 39.5 Å². The molecule has 0 bridgehead atoms. The fourth-order valence-corrected chi connectivity index (χ4v) is 2.61. The van der Waals surface area contributed by atoms with Gasteiger partial charge in [-0.05, 0) is 13.8 Å². The molecule has 0 aliphatic carbocycles. The average molecular weight is 307 g/mol. The van der Waals surface area contributed by atoms with Crippen molar-refractivity contribution in [2.24, 2.45) is 0 Å². The zero-order chi connectivity index (χ0) is 13.5. The lowest BCUT2D eigenvalue weighted by molar-refractivity contribution is 0.121.